The van der Waals surface area contributed by atoms with Crippen LogP contribution in [0.15, 0.2) is 4.90 Å². The van der Waals surface area contributed by atoms with E-state index in [-0.39, 0.29) is 21.8 Å². The predicted octanol–water partition coefficient (Wildman–Crippen LogP) is 2.62. The summed E-state index contributed by atoms with van der Waals surface area (Å²) in [4.78, 5) is 2.52. The number of sulfone groups is 1. The molecular weight excluding hydrogens is 306 g/mol. The first-order valence-electron chi connectivity index (χ1n) is 7.02. The van der Waals surface area contributed by atoms with Gasteiger partial charge in [-0.3, -0.25) is 0 Å². The van der Waals surface area contributed by atoms with Gasteiger partial charge in [-0.05, 0) is 18.3 Å². The third kappa shape index (κ3) is 3.01. The van der Waals surface area contributed by atoms with Crippen LogP contribution in [0, 0.1) is 16.7 Å². The fraction of sp³-hybridized carbons (Fsp3) is 0.643. The zero-order valence-electron chi connectivity index (χ0n) is 12.6. The van der Waals surface area contributed by atoms with Gasteiger partial charge in [-0.1, -0.05) is 20.8 Å². The van der Waals surface area contributed by atoms with E-state index in [2.05, 4.69) is 18.7 Å². The molecule has 5 nitrogen and oxygen atoms in total. The van der Waals surface area contributed by atoms with Crippen molar-refractivity contribution in [3.05, 3.63) is 4.88 Å². The number of nitriles is 1. The lowest BCUT2D eigenvalue weighted by Crippen LogP contribution is -2.37. The Bertz CT molecular complexity index is 674. The number of nitrogens with zero attached hydrogens (tertiary/aromatic N) is 2. The minimum Gasteiger partial charge on any atom is -0.396 e. The zero-order valence-corrected chi connectivity index (χ0v) is 14.3. The smallest absolute Gasteiger partial charge is 0.183 e. The van der Waals surface area contributed by atoms with Gasteiger partial charge in [-0.2, -0.15) is 5.26 Å². The topological polar surface area (TPSA) is 87.2 Å². The van der Waals surface area contributed by atoms with Crippen molar-refractivity contribution in [1.82, 2.24) is 0 Å². The first-order valence-corrected chi connectivity index (χ1v) is 9.49. The average Bonchev–Trinajstić information content (AvgIpc) is 2.76. The molecule has 21 heavy (non-hydrogen) atoms. The standard InChI is InChI=1S/C14H21N3O2S2/c1-4-21(18,19)12-11(16)10(9-15)20-13(12)17-7-5-14(2,3)6-8-17/h4-8,16H2,1-3H3. The third-order valence-corrected chi connectivity index (χ3v) is 7.17. The van der Waals surface area contributed by atoms with Gasteiger partial charge < -0.3 is 10.6 Å². The maximum atomic E-state index is 12.3. The number of hydrogen-bond donors (Lipinski definition) is 1. The van der Waals surface area contributed by atoms with Crippen LogP contribution < -0.4 is 10.6 Å². The minimum absolute atomic E-state index is 0.00879. The maximum absolute atomic E-state index is 12.3. The van der Waals surface area contributed by atoms with Gasteiger partial charge in [0.05, 0.1) is 11.4 Å². The molecule has 1 aromatic heterocycles. The number of piperidine rings is 1. The van der Waals surface area contributed by atoms with Gasteiger partial charge in [0.1, 0.15) is 20.8 Å². The van der Waals surface area contributed by atoms with Crippen molar-refractivity contribution in [2.75, 3.05) is 29.5 Å². The molecule has 0 aromatic carbocycles. The molecule has 0 radical (unpaired) electrons. The fourth-order valence-corrected chi connectivity index (χ4v) is 5.12. The fourth-order valence-electron chi connectivity index (χ4n) is 2.47. The molecule has 1 aliphatic heterocycles. The van der Waals surface area contributed by atoms with E-state index in [0.29, 0.717) is 9.88 Å². The molecule has 2 heterocycles. The van der Waals surface area contributed by atoms with Crippen molar-refractivity contribution < 1.29 is 8.42 Å². The highest BCUT2D eigenvalue weighted by molar-refractivity contribution is 7.91. The highest BCUT2D eigenvalue weighted by Crippen LogP contribution is 2.44. The Labute approximate surface area is 130 Å². The highest BCUT2D eigenvalue weighted by atomic mass is 32.2. The van der Waals surface area contributed by atoms with Crippen molar-refractivity contribution in [1.29, 1.82) is 5.26 Å². The van der Waals surface area contributed by atoms with E-state index in [4.69, 9.17) is 11.0 Å². The summed E-state index contributed by atoms with van der Waals surface area (Å²) in [5.41, 5.74) is 6.31. The average molecular weight is 327 g/mol. The van der Waals surface area contributed by atoms with E-state index in [0.717, 1.165) is 25.9 Å². The van der Waals surface area contributed by atoms with Crippen LogP contribution in [0.5, 0.6) is 0 Å². The SMILES string of the molecule is CCS(=O)(=O)c1c(N2CCC(C)(C)CC2)sc(C#N)c1N. The Morgan fingerprint density at radius 1 is 1.38 bits per heavy atom. The molecule has 2 N–H and O–H groups in total. The summed E-state index contributed by atoms with van der Waals surface area (Å²) < 4.78 is 24.7. The molecule has 1 aromatic rings. The largest absolute Gasteiger partial charge is 0.396 e. The minimum atomic E-state index is -3.43. The van der Waals surface area contributed by atoms with Crippen LogP contribution in [0.25, 0.3) is 0 Å². The molecule has 1 aliphatic rings. The molecule has 1 fully saturated rings. The van der Waals surface area contributed by atoms with Gasteiger partial charge in [-0.25, -0.2) is 8.42 Å². The van der Waals surface area contributed by atoms with Gasteiger partial charge >= 0.3 is 0 Å². The molecule has 0 unspecified atom stereocenters. The summed E-state index contributed by atoms with van der Waals surface area (Å²) in [6, 6.07) is 2.01. The van der Waals surface area contributed by atoms with Crippen LogP contribution in [-0.2, 0) is 9.84 Å². The second-order valence-electron chi connectivity index (χ2n) is 6.15. The number of rotatable bonds is 3. The Morgan fingerprint density at radius 2 is 1.95 bits per heavy atom. The van der Waals surface area contributed by atoms with Crippen molar-refractivity contribution in [3.8, 4) is 6.07 Å². The van der Waals surface area contributed by atoms with E-state index < -0.39 is 9.84 Å². The van der Waals surface area contributed by atoms with Crippen molar-refractivity contribution in [2.24, 2.45) is 5.41 Å². The molecule has 0 bridgehead atoms. The molecule has 0 aliphatic carbocycles. The summed E-state index contributed by atoms with van der Waals surface area (Å²) in [6.07, 6.45) is 2.00. The molecule has 1 saturated heterocycles. The van der Waals surface area contributed by atoms with E-state index in [1.807, 2.05) is 6.07 Å². The summed E-state index contributed by atoms with van der Waals surface area (Å²) in [7, 11) is -3.43. The second kappa shape index (κ2) is 5.50. The van der Waals surface area contributed by atoms with Crippen LogP contribution in [-0.4, -0.2) is 27.3 Å². The van der Waals surface area contributed by atoms with Gasteiger partial charge in [0.15, 0.2) is 9.84 Å². The number of nitrogens with two attached hydrogens (primary N) is 1. The lowest BCUT2D eigenvalue weighted by molar-refractivity contribution is 0.280. The zero-order chi connectivity index (χ0) is 15.8. The number of anilines is 2. The Hall–Kier alpha value is -1.26. The number of nitrogen functional groups attached to an aromatic ring is 1. The Morgan fingerprint density at radius 3 is 2.43 bits per heavy atom. The molecule has 0 amide bonds. The monoisotopic (exact) mass is 327 g/mol. The van der Waals surface area contributed by atoms with Crippen molar-refractivity contribution in [2.45, 2.75) is 38.5 Å². The highest BCUT2D eigenvalue weighted by Gasteiger charge is 2.32. The quantitative estimate of drug-likeness (QED) is 0.922. The van der Waals surface area contributed by atoms with Crippen molar-refractivity contribution in [3.63, 3.8) is 0 Å². The van der Waals surface area contributed by atoms with Gasteiger partial charge in [0.25, 0.3) is 0 Å². The van der Waals surface area contributed by atoms with E-state index in [1.54, 1.807) is 6.92 Å². The molecule has 7 heteroatoms. The van der Waals surface area contributed by atoms with Crippen LogP contribution >= 0.6 is 11.3 Å². The third-order valence-electron chi connectivity index (χ3n) is 4.08. The molecular formula is C14H21N3O2S2. The van der Waals surface area contributed by atoms with Crippen molar-refractivity contribution >= 4 is 31.9 Å². The van der Waals surface area contributed by atoms with Crippen LogP contribution in [0.2, 0.25) is 0 Å². The van der Waals surface area contributed by atoms with Crippen LogP contribution in [0.4, 0.5) is 10.7 Å². The summed E-state index contributed by atoms with van der Waals surface area (Å²) in [5, 5.41) is 9.78. The predicted molar refractivity (Wildman–Crippen MR) is 86.4 cm³/mol. The molecule has 0 atom stereocenters. The van der Waals surface area contributed by atoms with Gasteiger partial charge in [0.2, 0.25) is 0 Å². The lowest BCUT2D eigenvalue weighted by atomic mass is 9.83. The van der Waals surface area contributed by atoms with E-state index in [9.17, 15) is 8.42 Å². The lowest BCUT2D eigenvalue weighted by Gasteiger charge is -2.37. The molecule has 0 saturated carbocycles. The van der Waals surface area contributed by atoms with Crippen LogP contribution in [0.3, 0.4) is 0 Å². The summed E-state index contributed by atoms with van der Waals surface area (Å²) in [5.74, 6) is -0.00879. The van der Waals surface area contributed by atoms with E-state index in [1.165, 1.54) is 11.3 Å². The normalized spacial score (nSPS) is 18.5. The second-order valence-corrected chi connectivity index (χ2v) is 9.36. The van der Waals surface area contributed by atoms with Crippen LogP contribution in [0.1, 0.15) is 38.5 Å². The molecule has 116 valence electrons. The number of hydrogen-bond acceptors (Lipinski definition) is 6. The Balaban J connectivity index is 2.48. The maximum Gasteiger partial charge on any atom is 0.183 e. The molecule has 0 spiro atoms. The number of thiophene rings is 1. The first kappa shape index (κ1) is 16.1. The van der Waals surface area contributed by atoms with Gasteiger partial charge in [-0.15, -0.1) is 11.3 Å². The Kier molecular flexibility index (Phi) is 4.22. The summed E-state index contributed by atoms with van der Waals surface area (Å²) in [6.45, 7) is 7.63. The molecule has 2 rings (SSSR count). The van der Waals surface area contributed by atoms with E-state index >= 15 is 0 Å². The van der Waals surface area contributed by atoms with Gasteiger partial charge in [0, 0.05) is 13.1 Å². The first-order chi connectivity index (χ1) is 9.72. The summed E-state index contributed by atoms with van der Waals surface area (Å²) >= 11 is 1.20.